The van der Waals surface area contributed by atoms with Crippen LogP contribution in [0.25, 0.3) is 0 Å². The predicted molar refractivity (Wildman–Crippen MR) is 76.4 cm³/mol. The van der Waals surface area contributed by atoms with Crippen LogP contribution < -0.4 is 10.6 Å². The van der Waals surface area contributed by atoms with Crippen molar-refractivity contribution in [2.75, 3.05) is 11.9 Å². The summed E-state index contributed by atoms with van der Waals surface area (Å²) >= 11 is 1.54. The molecule has 0 saturated heterocycles. The van der Waals surface area contributed by atoms with E-state index in [2.05, 4.69) is 20.6 Å². The maximum atomic E-state index is 12.0. The van der Waals surface area contributed by atoms with Gasteiger partial charge in [-0.05, 0) is 26.0 Å². The van der Waals surface area contributed by atoms with Crippen molar-refractivity contribution in [3.05, 3.63) is 40.1 Å². The molecule has 6 heteroatoms. The summed E-state index contributed by atoms with van der Waals surface area (Å²) in [4.78, 5) is 21.3. The van der Waals surface area contributed by atoms with E-state index >= 15 is 0 Å². The molecule has 0 aliphatic carbocycles. The molecular weight excluding hydrogens is 260 g/mol. The number of nitrogens with one attached hydrogen (secondary N) is 2. The molecule has 0 saturated carbocycles. The van der Waals surface area contributed by atoms with E-state index < -0.39 is 0 Å². The van der Waals surface area contributed by atoms with E-state index in [4.69, 9.17) is 0 Å². The number of carbonyl (C=O) groups is 1. The van der Waals surface area contributed by atoms with Gasteiger partial charge in [0.15, 0.2) is 0 Å². The summed E-state index contributed by atoms with van der Waals surface area (Å²) in [6.07, 6.45) is 1.63. The molecule has 0 unspecified atom stereocenters. The number of pyridine rings is 1. The first kappa shape index (κ1) is 13.5. The highest BCUT2D eigenvalue weighted by Gasteiger charge is 2.09. The Kier molecular flexibility index (Phi) is 4.46. The standard InChI is InChI=1S/C13H16N4OS/c1-3-14-10-4-5-15-11(6-10)13(18)16-7-12-9(2)17-8-19-12/h4-6,8H,3,7H2,1-2H3,(H,14,15)(H,16,18). The molecular formula is C13H16N4OS. The van der Waals surface area contributed by atoms with Crippen LogP contribution in [0.3, 0.4) is 0 Å². The average Bonchev–Trinajstić information content (AvgIpc) is 2.82. The van der Waals surface area contributed by atoms with Crippen LogP contribution in [-0.4, -0.2) is 22.4 Å². The number of aromatic nitrogens is 2. The largest absolute Gasteiger partial charge is 0.385 e. The molecule has 0 atom stereocenters. The molecule has 19 heavy (non-hydrogen) atoms. The number of carbonyl (C=O) groups excluding carboxylic acids is 1. The molecule has 0 radical (unpaired) electrons. The number of amides is 1. The topological polar surface area (TPSA) is 66.9 Å². The molecule has 0 aromatic carbocycles. The van der Waals surface area contributed by atoms with Crippen LogP contribution in [0.2, 0.25) is 0 Å². The van der Waals surface area contributed by atoms with Gasteiger partial charge in [-0.1, -0.05) is 0 Å². The fourth-order valence-corrected chi connectivity index (χ4v) is 2.33. The molecule has 0 aliphatic heterocycles. The van der Waals surface area contributed by atoms with Gasteiger partial charge in [0.1, 0.15) is 5.69 Å². The maximum absolute atomic E-state index is 12.0. The molecule has 0 aliphatic rings. The lowest BCUT2D eigenvalue weighted by Gasteiger charge is -2.06. The Morgan fingerprint density at radius 3 is 2.95 bits per heavy atom. The van der Waals surface area contributed by atoms with Crippen molar-refractivity contribution in [3.63, 3.8) is 0 Å². The van der Waals surface area contributed by atoms with Gasteiger partial charge in [0.25, 0.3) is 5.91 Å². The van der Waals surface area contributed by atoms with Crippen LogP contribution in [0.15, 0.2) is 23.8 Å². The monoisotopic (exact) mass is 276 g/mol. The van der Waals surface area contributed by atoms with Crippen LogP contribution in [0.5, 0.6) is 0 Å². The number of hydrogen-bond donors (Lipinski definition) is 2. The second-order valence-corrected chi connectivity index (χ2v) is 4.94. The van der Waals surface area contributed by atoms with Gasteiger partial charge >= 0.3 is 0 Å². The van der Waals surface area contributed by atoms with Crippen LogP contribution in [0.1, 0.15) is 28.0 Å². The number of nitrogens with zero attached hydrogens (tertiary/aromatic N) is 2. The molecule has 2 aromatic rings. The molecule has 100 valence electrons. The third-order valence-corrected chi connectivity index (χ3v) is 3.56. The highest BCUT2D eigenvalue weighted by Crippen LogP contribution is 2.12. The molecule has 2 heterocycles. The molecule has 0 spiro atoms. The van der Waals surface area contributed by atoms with Crippen molar-refractivity contribution in [1.82, 2.24) is 15.3 Å². The first-order valence-electron chi connectivity index (χ1n) is 6.07. The van der Waals surface area contributed by atoms with Gasteiger partial charge in [0.2, 0.25) is 0 Å². The molecule has 0 fully saturated rings. The highest BCUT2D eigenvalue weighted by molar-refractivity contribution is 7.09. The lowest BCUT2D eigenvalue weighted by atomic mass is 10.3. The third-order valence-electron chi connectivity index (χ3n) is 2.63. The normalized spacial score (nSPS) is 10.2. The fourth-order valence-electron chi connectivity index (χ4n) is 1.62. The third kappa shape index (κ3) is 3.51. The van der Waals surface area contributed by atoms with Gasteiger partial charge < -0.3 is 10.6 Å². The van der Waals surface area contributed by atoms with Gasteiger partial charge in [0, 0.05) is 23.3 Å². The van der Waals surface area contributed by atoms with E-state index in [0.29, 0.717) is 12.2 Å². The first-order valence-corrected chi connectivity index (χ1v) is 6.95. The number of hydrogen-bond acceptors (Lipinski definition) is 5. The predicted octanol–water partition coefficient (Wildman–Crippen LogP) is 2.21. The first-order chi connectivity index (χ1) is 9.20. The van der Waals surface area contributed by atoms with Crippen molar-refractivity contribution < 1.29 is 4.79 Å². The Morgan fingerprint density at radius 1 is 1.42 bits per heavy atom. The van der Waals surface area contributed by atoms with Crippen molar-refractivity contribution >= 4 is 22.9 Å². The number of rotatable bonds is 5. The molecule has 2 rings (SSSR count). The second-order valence-electron chi connectivity index (χ2n) is 4.00. The van der Waals surface area contributed by atoms with Crippen molar-refractivity contribution in [3.8, 4) is 0 Å². The van der Waals surface area contributed by atoms with E-state index in [1.54, 1.807) is 17.8 Å². The van der Waals surface area contributed by atoms with Gasteiger partial charge in [-0.15, -0.1) is 11.3 Å². The van der Waals surface area contributed by atoms with E-state index in [1.165, 1.54) is 11.3 Å². The number of aryl methyl sites for hydroxylation is 1. The molecule has 1 amide bonds. The highest BCUT2D eigenvalue weighted by atomic mass is 32.1. The van der Waals surface area contributed by atoms with Crippen molar-refractivity contribution in [2.24, 2.45) is 0 Å². The zero-order chi connectivity index (χ0) is 13.7. The minimum atomic E-state index is -0.174. The maximum Gasteiger partial charge on any atom is 0.270 e. The number of anilines is 1. The molecule has 2 aromatic heterocycles. The summed E-state index contributed by atoms with van der Waals surface area (Å²) in [5, 5.41) is 6.01. The summed E-state index contributed by atoms with van der Waals surface area (Å²) in [6, 6.07) is 3.59. The molecule has 0 bridgehead atoms. The number of thiazole rings is 1. The fraction of sp³-hybridized carbons (Fsp3) is 0.308. The minimum absolute atomic E-state index is 0.174. The van der Waals surface area contributed by atoms with Crippen LogP contribution >= 0.6 is 11.3 Å². The summed E-state index contributed by atoms with van der Waals surface area (Å²) < 4.78 is 0. The van der Waals surface area contributed by atoms with Gasteiger partial charge in [-0.25, -0.2) is 4.98 Å². The molecule has 2 N–H and O–H groups in total. The van der Waals surface area contributed by atoms with E-state index in [-0.39, 0.29) is 5.91 Å². The second kappa shape index (κ2) is 6.29. The minimum Gasteiger partial charge on any atom is -0.385 e. The lowest BCUT2D eigenvalue weighted by Crippen LogP contribution is -2.23. The van der Waals surface area contributed by atoms with Gasteiger partial charge in [-0.3, -0.25) is 9.78 Å². The lowest BCUT2D eigenvalue weighted by molar-refractivity contribution is 0.0946. The van der Waals surface area contributed by atoms with Gasteiger partial charge in [0.05, 0.1) is 17.7 Å². The Morgan fingerprint density at radius 2 is 2.26 bits per heavy atom. The average molecular weight is 276 g/mol. The quantitative estimate of drug-likeness (QED) is 0.878. The SMILES string of the molecule is CCNc1ccnc(C(=O)NCc2scnc2C)c1. The Hall–Kier alpha value is -1.95. The Balaban J connectivity index is 2.00. The van der Waals surface area contributed by atoms with Crippen LogP contribution in [0.4, 0.5) is 5.69 Å². The van der Waals surface area contributed by atoms with E-state index in [9.17, 15) is 4.79 Å². The Bertz CT molecular complexity index is 567. The summed E-state index contributed by atoms with van der Waals surface area (Å²) in [7, 11) is 0. The van der Waals surface area contributed by atoms with Crippen molar-refractivity contribution in [2.45, 2.75) is 20.4 Å². The zero-order valence-electron chi connectivity index (χ0n) is 10.9. The van der Waals surface area contributed by atoms with Crippen LogP contribution in [-0.2, 0) is 6.54 Å². The zero-order valence-corrected chi connectivity index (χ0v) is 11.8. The Labute approximate surface area is 116 Å². The summed E-state index contributed by atoms with van der Waals surface area (Å²) in [5.41, 5.74) is 4.05. The summed E-state index contributed by atoms with van der Waals surface area (Å²) in [6.45, 7) is 5.24. The smallest absolute Gasteiger partial charge is 0.270 e. The molecule has 5 nitrogen and oxygen atoms in total. The van der Waals surface area contributed by atoms with E-state index in [1.807, 2.05) is 19.9 Å². The van der Waals surface area contributed by atoms with Gasteiger partial charge in [-0.2, -0.15) is 0 Å². The van der Waals surface area contributed by atoms with E-state index in [0.717, 1.165) is 22.8 Å². The van der Waals surface area contributed by atoms with Crippen molar-refractivity contribution in [1.29, 1.82) is 0 Å². The van der Waals surface area contributed by atoms with Crippen LogP contribution in [0, 0.1) is 6.92 Å². The summed E-state index contributed by atoms with van der Waals surface area (Å²) in [5.74, 6) is -0.174.